The summed E-state index contributed by atoms with van der Waals surface area (Å²) in [5, 5.41) is 9.53. The average Bonchev–Trinajstić information content (AvgIpc) is 2.44. The van der Waals surface area contributed by atoms with Crippen molar-refractivity contribution in [3.8, 4) is 5.75 Å². The van der Waals surface area contributed by atoms with Crippen LogP contribution >= 0.6 is 11.6 Å². The molecule has 1 rings (SSSR count). The van der Waals surface area contributed by atoms with Crippen molar-refractivity contribution in [3.63, 3.8) is 0 Å². The van der Waals surface area contributed by atoms with Gasteiger partial charge in [0.25, 0.3) is 0 Å². The molecule has 1 N–H and O–H groups in total. The molecule has 0 aromatic heterocycles. The van der Waals surface area contributed by atoms with Gasteiger partial charge >= 0.3 is 0 Å². The summed E-state index contributed by atoms with van der Waals surface area (Å²) >= 11 is 6.05. The van der Waals surface area contributed by atoms with E-state index in [1.165, 1.54) is 0 Å². The quantitative estimate of drug-likeness (QED) is 0.673. The first-order valence-electron chi connectivity index (χ1n) is 6.95. The van der Waals surface area contributed by atoms with Crippen molar-refractivity contribution in [2.75, 3.05) is 46.6 Å². The van der Waals surface area contributed by atoms with Gasteiger partial charge in [0, 0.05) is 18.1 Å². The van der Waals surface area contributed by atoms with Crippen molar-refractivity contribution < 1.29 is 14.6 Å². The second-order valence-corrected chi connectivity index (χ2v) is 5.00. The number of aliphatic hydroxyl groups is 1. The van der Waals surface area contributed by atoms with Crippen molar-refractivity contribution in [2.45, 2.75) is 13.3 Å². The SMILES string of the molecule is CCc1cc(OCCOCCN(C)CCO)ccc1Cl. The van der Waals surface area contributed by atoms with Crippen molar-refractivity contribution in [1.29, 1.82) is 0 Å². The summed E-state index contributed by atoms with van der Waals surface area (Å²) < 4.78 is 11.1. The van der Waals surface area contributed by atoms with Crippen molar-refractivity contribution >= 4 is 11.6 Å². The van der Waals surface area contributed by atoms with Gasteiger partial charge in [0.1, 0.15) is 12.4 Å². The zero-order valence-corrected chi connectivity index (χ0v) is 13.0. The molecule has 0 saturated heterocycles. The number of aliphatic hydroxyl groups excluding tert-OH is 1. The van der Waals surface area contributed by atoms with Crippen LogP contribution in [0.3, 0.4) is 0 Å². The highest BCUT2D eigenvalue weighted by atomic mass is 35.5. The molecule has 114 valence electrons. The Balaban J connectivity index is 2.15. The molecule has 0 aliphatic rings. The van der Waals surface area contributed by atoms with E-state index < -0.39 is 0 Å². The maximum atomic E-state index is 8.75. The van der Waals surface area contributed by atoms with Gasteiger partial charge in [-0.2, -0.15) is 0 Å². The predicted octanol–water partition coefficient (Wildman–Crippen LogP) is 2.22. The van der Waals surface area contributed by atoms with Gasteiger partial charge in [-0.3, -0.25) is 0 Å². The van der Waals surface area contributed by atoms with E-state index in [2.05, 4.69) is 6.92 Å². The summed E-state index contributed by atoms with van der Waals surface area (Å²) in [4.78, 5) is 2.02. The highest BCUT2D eigenvalue weighted by Crippen LogP contribution is 2.22. The first-order chi connectivity index (χ1) is 9.67. The molecule has 0 aliphatic heterocycles. The van der Waals surface area contributed by atoms with Crippen LogP contribution in [0.5, 0.6) is 5.75 Å². The number of rotatable bonds is 10. The van der Waals surface area contributed by atoms with E-state index in [1.807, 2.05) is 30.1 Å². The fraction of sp³-hybridized carbons (Fsp3) is 0.600. The molecular weight excluding hydrogens is 278 g/mol. The molecule has 0 atom stereocenters. The molecule has 20 heavy (non-hydrogen) atoms. The van der Waals surface area contributed by atoms with Crippen LogP contribution in [0.1, 0.15) is 12.5 Å². The first kappa shape index (κ1) is 17.2. The lowest BCUT2D eigenvalue weighted by Crippen LogP contribution is -2.26. The van der Waals surface area contributed by atoms with E-state index in [-0.39, 0.29) is 6.61 Å². The second-order valence-electron chi connectivity index (χ2n) is 4.59. The van der Waals surface area contributed by atoms with Gasteiger partial charge in [0.2, 0.25) is 0 Å². The Morgan fingerprint density at radius 3 is 2.70 bits per heavy atom. The lowest BCUT2D eigenvalue weighted by molar-refractivity contribution is 0.0812. The summed E-state index contributed by atoms with van der Waals surface area (Å²) in [5.41, 5.74) is 1.09. The molecule has 0 radical (unpaired) electrons. The molecule has 0 amide bonds. The topological polar surface area (TPSA) is 41.9 Å². The lowest BCUT2D eigenvalue weighted by Gasteiger charge is -2.15. The monoisotopic (exact) mass is 301 g/mol. The smallest absolute Gasteiger partial charge is 0.119 e. The molecule has 4 nitrogen and oxygen atoms in total. The number of benzene rings is 1. The van der Waals surface area contributed by atoms with E-state index in [0.717, 1.165) is 29.3 Å². The van der Waals surface area contributed by atoms with Gasteiger partial charge in [-0.15, -0.1) is 0 Å². The number of halogens is 1. The van der Waals surface area contributed by atoms with Crippen LogP contribution in [0.15, 0.2) is 18.2 Å². The molecular formula is C15H24ClNO3. The van der Waals surface area contributed by atoms with Gasteiger partial charge < -0.3 is 19.5 Å². The molecule has 0 unspecified atom stereocenters. The molecule has 5 heteroatoms. The number of hydrogen-bond donors (Lipinski definition) is 1. The minimum absolute atomic E-state index is 0.177. The Labute approximate surface area is 126 Å². The number of aryl methyl sites for hydroxylation is 1. The van der Waals surface area contributed by atoms with E-state index in [0.29, 0.717) is 26.4 Å². The Bertz CT molecular complexity index is 387. The standard InChI is InChI=1S/C15H24ClNO3/c1-3-13-12-14(4-5-15(13)16)20-11-10-19-9-7-17(2)6-8-18/h4-5,12,18H,3,6-11H2,1-2H3. The van der Waals surface area contributed by atoms with Crippen LogP contribution in [-0.4, -0.2) is 56.6 Å². The van der Waals surface area contributed by atoms with Crippen LogP contribution in [0.4, 0.5) is 0 Å². The van der Waals surface area contributed by atoms with Crippen LogP contribution in [-0.2, 0) is 11.2 Å². The minimum atomic E-state index is 0.177. The molecule has 0 aliphatic carbocycles. The zero-order valence-electron chi connectivity index (χ0n) is 12.3. The zero-order chi connectivity index (χ0) is 14.8. The van der Waals surface area contributed by atoms with Crippen molar-refractivity contribution in [2.24, 2.45) is 0 Å². The summed E-state index contributed by atoms with van der Waals surface area (Å²) in [5.74, 6) is 0.826. The Hall–Kier alpha value is -0.810. The number of ether oxygens (including phenoxy) is 2. The molecule has 0 saturated carbocycles. The Kier molecular flexibility index (Phi) is 8.62. The fourth-order valence-electron chi connectivity index (χ4n) is 1.74. The van der Waals surface area contributed by atoms with E-state index in [1.54, 1.807) is 0 Å². The molecule has 0 fully saturated rings. The molecule has 0 spiro atoms. The third-order valence-electron chi connectivity index (χ3n) is 2.99. The van der Waals surface area contributed by atoms with Gasteiger partial charge in [0.05, 0.1) is 19.8 Å². The van der Waals surface area contributed by atoms with Crippen LogP contribution in [0.25, 0.3) is 0 Å². The number of hydrogen-bond acceptors (Lipinski definition) is 4. The highest BCUT2D eigenvalue weighted by Gasteiger charge is 2.01. The maximum Gasteiger partial charge on any atom is 0.119 e. The summed E-state index contributed by atoms with van der Waals surface area (Å²) in [6.07, 6.45) is 0.893. The number of likely N-dealkylation sites (N-methyl/N-ethyl adjacent to an activating group) is 1. The van der Waals surface area contributed by atoms with Gasteiger partial charge in [0.15, 0.2) is 0 Å². The van der Waals surface area contributed by atoms with Crippen LogP contribution in [0, 0.1) is 0 Å². The second kappa shape index (κ2) is 10.00. The van der Waals surface area contributed by atoms with E-state index >= 15 is 0 Å². The summed E-state index contributed by atoms with van der Waals surface area (Å²) in [6.45, 7) is 5.44. The van der Waals surface area contributed by atoms with Crippen LogP contribution in [0.2, 0.25) is 5.02 Å². The largest absolute Gasteiger partial charge is 0.491 e. The summed E-state index contributed by atoms with van der Waals surface area (Å²) in [6, 6.07) is 5.70. The summed E-state index contributed by atoms with van der Waals surface area (Å²) in [7, 11) is 1.95. The molecule has 0 heterocycles. The fourth-order valence-corrected chi connectivity index (χ4v) is 1.99. The van der Waals surface area contributed by atoms with Crippen molar-refractivity contribution in [1.82, 2.24) is 4.90 Å². The highest BCUT2D eigenvalue weighted by molar-refractivity contribution is 6.31. The Morgan fingerprint density at radius 2 is 2.00 bits per heavy atom. The van der Waals surface area contributed by atoms with E-state index in [9.17, 15) is 0 Å². The van der Waals surface area contributed by atoms with Gasteiger partial charge in [-0.25, -0.2) is 0 Å². The lowest BCUT2D eigenvalue weighted by atomic mass is 10.1. The molecule has 1 aromatic carbocycles. The first-order valence-corrected chi connectivity index (χ1v) is 7.33. The Morgan fingerprint density at radius 1 is 1.20 bits per heavy atom. The van der Waals surface area contributed by atoms with Crippen molar-refractivity contribution in [3.05, 3.63) is 28.8 Å². The molecule has 0 bridgehead atoms. The third-order valence-corrected chi connectivity index (χ3v) is 3.36. The van der Waals surface area contributed by atoms with E-state index in [4.69, 9.17) is 26.2 Å². The normalized spacial score (nSPS) is 11.1. The third kappa shape index (κ3) is 6.57. The van der Waals surface area contributed by atoms with Crippen LogP contribution < -0.4 is 4.74 Å². The maximum absolute atomic E-state index is 8.75. The predicted molar refractivity (Wildman–Crippen MR) is 81.7 cm³/mol. The minimum Gasteiger partial charge on any atom is -0.491 e. The van der Waals surface area contributed by atoms with Gasteiger partial charge in [-0.1, -0.05) is 18.5 Å². The number of nitrogens with zero attached hydrogens (tertiary/aromatic N) is 1. The average molecular weight is 302 g/mol. The molecule has 1 aromatic rings. The van der Waals surface area contributed by atoms with Gasteiger partial charge in [-0.05, 0) is 37.2 Å².